The molecule has 0 radical (unpaired) electrons. The van der Waals surface area contributed by atoms with Crippen molar-refractivity contribution < 1.29 is 27.5 Å². The van der Waals surface area contributed by atoms with Crippen LogP contribution in [0.25, 0.3) is 16.8 Å². The molecule has 2 amide bonds. The summed E-state index contributed by atoms with van der Waals surface area (Å²) in [5, 5.41) is 10.7. The van der Waals surface area contributed by atoms with Crippen molar-refractivity contribution in [2.75, 3.05) is 18.4 Å². The van der Waals surface area contributed by atoms with E-state index in [0.717, 1.165) is 12.8 Å². The molecule has 2 fully saturated rings. The maximum Gasteiger partial charge on any atom is 0.410 e. The second-order valence-corrected chi connectivity index (χ2v) is 20.2. The number of hydrogen-bond acceptors (Lipinski definition) is 7. The minimum atomic E-state index is -2.24. The topological polar surface area (TPSA) is 111 Å². The summed E-state index contributed by atoms with van der Waals surface area (Å²) in [4.78, 5) is 31.4. The second-order valence-electron chi connectivity index (χ2n) is 15.5. The number of carbonyl (C=O) groups is 2. The van der Waals surface area contributed by atoms with E-state index in [1.807, 2.05) is 20.8 Å². The van der Waals surface area contributed by atoms with Crippen LogP contribution in [-0.2, 0) is 9.16 Å². The van der Waals surface area contributed by atoms with E-state index in [1.165, 1.54) is 29.2 Å². The van der Waals surface area contributed by atoms with Gasteiger partial charge < -0.3 is 24.7 Å². The van der Waals surface area contributed by atoms with Gasteiger partial charge in [0.15, 0.2) is 8.32 Å². The third-order valence-corrected chi connectivity index (χ3v) is 13.7. The molecule has 1 aliphatic carbocycles. The molecule has 0 bridgehead atoms. The number of ether oxygens (including phenoxy) is 1. The number of benzene rings is 1. The summed E-state index contributed by atoms with van der Waals surface area (Å²) in [7, 11) is -2.24. The molecular weight excluding hydrogens is 635 g/mol. The molecule has 2 aromatic heterocycles. The molecule has 10 nitrogen and oxygen atoms in total. The number of anilines is 1. The minimum absolute atomic E-state index is 0.0544. The molecule has 1 saturated heterocycles. The Hall–Kier alpha value is -3.84. The molecule has 1 saturated carbocycles. The Kier molecular flexibility index (Phi) is 9.77. The third kappa shape index (κ3) is 8.23. The lowest BCUT2D eigenvalue weighted by Crippen LogP contribution is -2.57. The number of piperidine rings is 1. The van der Waals surface area contributed by atoms with E-state index in [2.05, 4.69) is 54.6 Å². The number of rotatable bonds is 8. The molecule has 3 aromatic rings. The van der Waals surface area contributed by atoms with Crippen molar-refractivity contribution in [2.45, 2.75) is 110 Å². The third-order valence-electron chi connectivity index (χ3n) is 9.24. The molecule has 48 heavy (non-hydrogen) atoms. The molecule has 2 N–H and O–H groups in total. The first-order chi connectivity index (χ1) is 22.3. The molecule has 0 spiro atoms. The van der Waals surface area contributed by atoms with Crippen LogP contribution in [0, 0.1) is 18.7 Å². The van der Waals surface area contributed by atoms with Crippen LogP contribution in [0.3, 0.4) is 0 Å². The van der Waals surface area contributed by atoms with Crippen molar-refractivity contribution in [3.05, 3.63) is 59.7 Å². The number of hydrogen-bond donors (Lipinski definition) is 2. The van der Waals surface area contributed by atoms with Crippen LogP contribution in [0.1, 0.15) is 76.7 Å². The summed E-state index contributed by atoms with van der Waals surface area (Å²) in [5.74, 6) is -1.75. The average Bonchev–Trinajstić information content (AvgIpc) is 3.65. The Morgan fingerprint density at radius 2 is 1.73 bits per heavy atom. The Morgan fingerprint density at radius 3 is 2.38 bits per heavy atom. The summed E-state index contributed by atoms with van der Waals surface area (Å²) in [6, 6.07) is 4.36. The fraction of sp³-hybridized carbons (Fsp3) is 0.543. The Labute approximate surface area is 282 Å². The van der Waals surface area contributed by atoms with E-state index in [1.54, 1.807) is 24.1 Å². The standard InChI is InChI=1S/C35H48F2N6O4Si/c1-21-14-27(36)26(32(44)41-23-10-11-23)16-29(21)43-19-22(17-39-43)25-15-24(18-38-31(25)37)40-28-12-13-42(33(45)46-34(2,3)4)20-30(28)47-48(8,9)35(5,6)7/h14-19,23,28,30,40H,10-13,20H2,1-9H3,(H,41,44)/t28-,30+/m0/s1. The number of halogens is 2. The quantitative estimate of drug-likeness (QED) is 0.191. The number of carbonyl (C=O) groups excluding carboxylic acids is 2. The van der Waals surface area contributed by atoms with Crippen LogP contribution in [0.2, 0.25) is 18.1 Å². The maximum absolute atomic E-state index is 15.2. The number of nitrogens with zero attached hydrogens (tertiary/aromatic N) is 4. The van der Waals surface area contributed by atoms with E-state index in [9.17, 15) is 14.0 Å². The molecule has 5 rings (SSSR count). The smallest absolute Gasteiger partial charge is 0.410 e. The number of aromatic nitrogens is 3. The highest BCUT2D eigenvalue weighted by atomic mass is 28.4. The van der Waals surface area contributed by atoms with Gasteiger partial charge >= 0.3 is 6.09 Å². The molecule has 3 heterocycles. The van der Waals surface area contributed by atoms with E-state index in [-0.39, 0.29) is 40.4 Å². The van der Waals surface area contributed by atoms with Crippen molar-refractivity contribution in [1.29, 1.82) is 0 Å². The maximum atomic E-state index is 15.2. The number of pyridine rings is 1. The Morgan fingerprint density at radius 1 is 1.02 bits per heavy atom. The van der Waals surface area contributed by atoms with Crippen molar-refractivity contribution in [3.63, 3.8) is 0 Å². The Bertz CT molecular complexity index is 1680. The Balaban J connectivity index is 1.38. The highest BCUT2D eigenvalue weighted by Gasteiger charge is 2.43. The zero-order valence-corrected chi connectivity index (χ0v) is 30.4. The normalized spacial score (nSPS) is 18.9. The number of likely N-dealkylation sites (tertiary alicyclic amines) is 1. The van der Waals surface area contributed by atoms with Crippen molar-refractivity contribution >= 4 is 26.0 Å². The molecule has 1 aromatic carbocycles. The first kappa shape index (κ1) is 35.5. The number of aryl methyl sites for hydroxylation is 1. The summed E-state index contributed by atoms with van der Waals surface area (Å²) in [5.41, 5.74) is 1.68. The van der Waals surface area contributed by atoms with E-state index in [4.69, 9.17) is 9.16 Å². The van der Waals surface area contributed by atoms with Gasteiger partial charge in [0, 0.05) is 29.9 Å². The predicted molar refractivity (Wildman–Crippen MR) is 184 cm³/mol. The number of nitrogens with one attached hydrogen (secondary N) is 2. The van der Waals surface area contributed by atoms with E-state index < -0.39 is 31.6 Å². The van der Waals surface area contributed by atoms with Crippen LogP contribution < -0.4 is 10.6 Å². The van der Waals surface area contributed by atoms with Gasteiger partial charge in [0.05, 0.1) is 48.0 Å². The van der Waals surface area contributed by atoms with Gasteiger partial charge in [0.25, 0.3) is 5.91 Å². The van der Waals surface area contributed by atoms with Gasteiger partial charge in [-0.2, -0.15) is 9.49 Å². The fourth-order valence-electron chi connectivity index (χ4n) is 5.36. The predicted octanol–water partition coefficient (Wildman–Crippen LogP) is 7.22. The zero-order chi connectivity index (χ0) is 35.2. The molecule has 260 valence electrons. The SMILES string of the molecule is Cc1cc(F)c(C(=O)NC2CC2)cc1-n1cc(-c2cc(N[C@H]3CCN(C(=O)OC(C)(C)C)C[C@H]3O[Si](C)(C)C(C)(C)C)cnc2F)cn1. The van der Waals surface area contributed by atoms with Crippen LogP contribution in [0.4, 0.5) is 19.3 Å². The van der Waals surface area contributed by atoms with Crippen LogP contribution in [-0.4, -0.2) is 76.9 Å². The summed E-state index contributed by atoms with van der Waals surface area (Å²) >= 11 is 0. The van der Waals surface area contributed by atoms with Crippen LogP contribution in [0.5, 0.6) is 0 Å². The monoisotopic (exact) mass is 682 g/mol. The van der Waals surface area contributed by atoms with Crippen LogP contribution in [0.15, 0.2) is 36.8 Å². The first-order valence-electron chi connectivity index (χ1n) is 16.6. The lowest BCUT2D eigenvalue weighted by Gasteiger charge is -2.45. The number of amides is 2. The lowest BCUT2D eigenvalue weighted by atomic mass is 10.0. The summed E-state index contributed by atoms with van der Waals surface area (Å²) in [6.45, 7) is 19.0. The van der Waals surface area contributed by atoms with E-state index in [0.29, 0.717) is 42.0 Å². The van der Waals surface area contributed by atoms with Gasteiger partial charge in [-0.05, 0) is 88.9 Å². The van der Waals surface area contributed by atoms with Gasteiger partial charge in [-0.15, -0.1) is 0 Å². The molecule has 1 aliphatic heterocycles. The molecular formula is C35H48F2N6O4Si. The summed E-state index contributed by atoms with van der Waals surface area (Å²) in [6.07, 6.45) is 6.24. The van der Waals surface area contributed by atoms with Gasteiger partial charge in [-0.3, -0.25) is 4.79 Å². The molecule has 2 atom stereocenters. The highest BCUT2D eigenvalue weighted by molar-refractivity contribution is 6.74. The zero-order valence-electron chi connectivity index (χ0n) is 29.4. The average molecular weight is 683 g/mol. The second kappa shape index (κ2) is 13.2. The van der Waals surface area contributed by atoms with Gasteiger partial charge in [0.1, 0.15) is 11.4 Å². The fourth-order valence-corrected chi connectivity index (χ4v) is 6.71. The molecule has 13 heteroatoms. The van der Waals surface area contributed by atoms with Crippen molar-refractivity contribution in [3.8, 4) is 16.8 Å². The van der Waals surface area contributed by atoms with E-state index >= 15 is 4.39 Å². The molecule has 2 aliphatic rings. The minimum Gasteiger partial charge on any atom is -0.444 e. The lowest BCUT2D eigenvalue weighted by molar-refractivity contribution is 0.00346. The van der Waals surface area contributed by atoms with Gasteiger partial charge in [0.2, 0.25) is 5.95 Å². The van der Waals surface area contributed by atoms with Gasteiger partial charge in [-0.1, -0.05) is 20.8 Å². The highest BCUT2D eigenvalue weighted by Crippen LogP contribution is 2.39. The largest absolute Gasteiger partial charge is 0.444 e. The van der Waals surface area contributed by atoms with Crippen LogP contribution >= 0.6 is 0 Å². The van der Waals surface area contributed by atoms with Crippen molar-refractivity contribution in [2.24, 2.45) is 0 Å². The summed E-state index contributed by atoms with van der Waals surface area (Å²) < 4.78 is 44.0. The molecule has 0 unspecified atom stereocenters. The first-order valence-corrected chi connectivity index (χ1v) is 19.5. The van der Waals surface area contributed by atoms with Gasteiger partial charge in [-0.25, -0.2) is 18.9 Å². The van der Waals surface area contributed by atoms with Crippen molar-refractivity contribution in [1.82, 2.24) is 25.0 Å².